The zero-order chi connectivity index (χ0) is 15.7. The molecule has 2 heterocycles. The quantitative estimate of drug-likeness (QED) is 0.914. The van der Waals surface area contributed by atoms with Gasteiger partial charge in [0.05, 0.1) is 11.6 Å². The maximum atomic E-state index is 12.8. The molecule has 1 aliphatic rings. The summed E-state index contributed by atoms with van der Waals surface area (Å²) in [6, 6.07) is 2.78. The van der Waals surface area contributed by atoms with E-state index in [0.29, 0.717) is 5.69 Å². The number of alkyl halides is 3. The first-order valence-corrected chi connectivity index (χ1v) is 7.91. The van der Waals surface area contributed by atoms with Gasteiger partial charge in [-0.15, -0.1) is 0 Å². The van der Waals surface area contributed by atoms with Gasteiger partial charge >= 0.3 is 6.18 Å². The first-order valence-electron chi connectivity index (χ1n) is 6.47. The second kappa shape index (κ2) is 5.90. The highest BCUT2D eigenvalue weighted by atomic mass is 32.2. The van der Waals surface area contributed by atoms with E-state index in [2.05, 4.69) is 4.98 Å². The van der Waals surface area contributed by atoms with Crippen LogP contribution in [0.4, 0.5) is 13.2 Å². The van der Waals surface area contributed by atoms with Crippen molar-refractivity contribution in [3.8, 4) is 0 Å². The number of piperidine rings is 1. The monoisotopic (exact) mass is 323 g/mol. The lowest BCUT2D eigenvalue weighted by Crippen LogP contribution is -2.44. The van der Waals surface area contributed by atoms with Gasteiger partial charge in [0.1, 0.15) is 4.90 Å². The summed E-state index contributed by atoms with van der Waals surface area (Å²) in [5.41, 5.74) is 5.89. The third-order valence-corrected chi connectivity index (χ3v) is 5.34. The van der Waals surface area contributed by atoms with Gasteiger partial charge in [-0.2, -0.15) is 17.5 Å². The SMILES string of the molecule is NCc1ccc(S(=O)(=O)N2CCCC(C(F)(F)F)C2)cn1. The molecule has 0 saturated carbocycles. The van der Waals surface area contributed by atoms with Crippen LogP contribution in [0.25, 0.3) is 0 Å². The molecule has 0 aromatic carbocycles. The Balaban J connectivity index is 2.22. The fourth-order valence-corrected chi connectivity index (χ4v) is 3.73. The first kappa shape index (κ1) is 16.2. The van der Waals surface area contributed by atoms with Gasteiger partial charge in [-0.05, 0) is 25.0 Å². The molecule has 1 saturated heterocycles. The standard InChI is InChI=1S/C12H16F3N3O2S/c13-12(14,15)9-2-1-5-18(8-9)21(19,20)11-4-3-10(6-16)17-7-11/h3-4,7,9H,1-2,5-6,8,16H2. The average Bonchev–Trinajstić information content (AvgIpc) is 2.46. The minimum atomic E-state index is -4.38. The van der Waals surface area contributed by atoms with Gasteiger partial charge in [0, 0.05) is 25.8 Å². The van der Waals surface area contributed by atoms with Gasteiger partial charge in [0.2, 0.25) is 10.0 Å². The van der Waals surface area contributed by atoms with Crippen molar-refractivity contribution in [2.45, 2.75) is 30.5 Å². The van der Waals surface area contributed by atoms with E-state index >= 15 is 0 Å². The molecule has 1 aromatic heterocycles. The Hall–Kier alpha value is -1.19. The van der Waals surface area contributed by atoms with E-state index in [4.69, 9.17) is 5.73 Å². The molecule has 118 valence electrons. The Morgan fingerprint density at radius 2 is 2.10 bits per heavy atom. The second-order valence-corrected chi connectivity index (χ2v) is 6.87. The minimum Gasteiger partial charge on any atom is -0.325 e. The van der Waals surface area contributed by atoms with Gasteiger partial charge < -0.3 is 5.73 Å². The summed E-state index contributed by atoms with van der Waals surface area (Å²) in [6.07, 6.45) is -3.10. The number of nitrogens with zero attached hydrogens (tertiary/aromatic N) is 2. The Labute approximate surface area is 121 Å². The summed E-state index contributed by atoms with van der Waals surface area (Å²) in [5.74, 6) is -1.61. The summed E-state index contributed by atoms with van der Waals surface area (Å²) >= 11 is 0. The smallest absolute Gasteiger partial charge is 0.325 e. The van der Waals surface area contributed by atoms with E-state index in [9.17, 15) is 21.6 Å². The van der Waals surface area contributed by atoms with Crippen molar-refractivity contribution in [3.63, 3.8) is 0 Å². The van der Waals surface area contributed by atoms with Crippen molar-refractivity contribution in [1.82, 2.24) is 9.29 Å². The number of pyridine rings is 1. The highest BCUT2D eigenvalue weighted by Gasteiger charge is 2.44. The van der Waals surface area contributed by atoms with Crippen LogP contribution in [0.5, 0.6) is 0 Å². The third kappa shape index (κ3) is 3.53. The molecule has 0 radical (unpaired) electrons. The number of halogens is 3. The van der Waals surface area contributed by atoms with Gasteiger partial charge in [0.15, 0.2) is 0 Å². The largest absolute Gasteiger partial charge is 0.393 e. The Kier molecular flexibility index (Phi) is 4.54. The summed E-state index contributed by atoms with van der Waals surface area (Å²) in [7, 11) is -3.95. The molecule has 0 amide bonds. The zero-order valence-electron chi connectivity index (χ0n) is 11.2. The van der Waals surface area contributed by atoms with Crippen molar-refractivity contribution >= 4 is 10.0 Å². The van der Waals surface area contributed by atoms with E-state index < -0.39 is 28.7 Å². The molecule has 1 fully saturated rings. The van der Waals surface area contributed by atoms with E-state index in [0.717, 1.165) is 10.5 Å². The maximum Gasteiger partial charge on any atom is 0.393 e. The van der Waals surface area contributed by atoms with Crippen LogP contribution in [0.2, 0.25) is 0 Å². The Bertz CT molecular complexity index is 587. The van der Waals surface area contributed by atoms with E-state index in [-0.39, 0.29) is 30.8 Å². The van der Waals surface area contributed by atoms with E-state index in [1.807, 2.05) is 0 Å². The summed E-state index contributed by atoms with van der Waals surface area (Å²) in [4.78, 5) is 3.76. The lowest BCUT2D eigenvalue weighted by molar-refractivity contribution is -0.182. The summed E-state index contributed by atoms with van der Waals surface area (Å²) in [6.45, 7) is -0.280. The van der Waals surface area contributed by atoms with Crippen LogP contribution in [0.15, 0.2) is 23.2 Å². The predicted molar refractivity (Wildman–Crippen MR) is 69.7 cm³/mol. The molecule has 1 aromatic rings. The maximum absolute atomic E-state index is 12.8. The second-order valence-electron chi connectivity index (χ2n) is 4.93. The third-order valence-electron chi connectivity index (χ3n) is 3.49. The molecule has 0 spiro atoms. The lowest BCUT2D eigenvalue weighted by Gasteiger charge is -2.32. The molecule has 1 aliphatic heterocycles. The van der Waals surface area contributed by atoms with Gasteiger partial charge in [0.25, 0.3) is 0 Å². The van der Waals surface area contributed by atoms with Gasteiger partial charge in [-0.3, -0.25) is 4.98 Å². The summed E-state index contributed by atoms with van der Waals surface area (Å²) in [5, 5.41) is 0. The molecular weight excluding hydrogens is 307 g/mol. The average molecular weight is 323 g/mol. The van der Waals surface area contributed by atoms with E-state index in [1.165, 1.54) is 12.1 Å². The molecule has 0 aliphatic carbocycles. The number of sulfonamides is 1. The normalized spacial score (nSPS) is 21.4. The molecule has 1 atom stereocenters. The van der Waals surface area contributed by atoms with Crippen LogP contribution >= 0.6 is 0 Å². The number of hydrogen-bond acceptors (Lipinski definition) is 4. The summed E-state index contributed by atoms with van der Waals surface area (Å²) < 4.78 is 63.8. The van der Waals surface area contributed by atoms with Gasteiger partial charge in [-0.25, -0.2) is 8.42 Å². The van der Waals surface area contributed by atoms with Crippen molar-refractivity contribution < 1.29 is 21.6 Å². The molecular formula is C12H16F3N3O2S. The minimum absolute atomic E-state index is 0.0418. The molecule has 0 bridgehead atoms. The van der Waals surface area contributed by atoms with Gasteiger partial charge in [-0.1, -0.05) is 0 Å². The van der Waals surface area contributed by atoms with Crippen LogP contribution in [0.3, 0.4) is 0 Å². The molecule has 1 unspecified atom stereocenters. The van der Waals surface area contributed by atoms with E-state index in [1.54, 1.807) is 0 Å². The molecule has 2 N–H and O–H groups in total. The Morgan fingerprint density at radius 1 is 1.38 bits per heavy atom. The van der Waals surface area contributed by atoms with Crippen LogP contribution in [-0.4, -0.2) is 37.0 Å². The van der Waals surface area contributed by atoms with Crippen molar-refractivity contribution in [3.05, 3.63) is 24.0 Å². The molecule has 2 rings (SSSR count). The molecule has 9 heteroatoms. The number of nitrogens with two attached hydrogens (primary N) is 1. The Morgan fingerprint density at radius 3 is 2.62 bits per heavy atom. The fraction of sp³-hybridized carbons (Fsp3) is 0.583. The van der Waals surface area contributed by atoms with Crippen molar-refractivity contribution in [1.29, 1.82) is 0 Å². The number of rotatable bonds is 3. The van der Waals surface area contributed by atoms with Crippen LogP contribution in [0.1, 0.15) is 18.5 Å². The van der Waals surface area contributed by atoms with Crippen LogP contribution in [0, 0.1) is 5.92 Å². The zero-order valence-corrected chi connectivity index (χ0v) is 12.0. The fourth-order valence-electron chi connectivity index (χ4n) is 2.26. The topological polar surface area (TPSA) is 76.3 Å². The highest BCUT2D eigenvalue weighted by Crippen LogP contribution is 2.34. The highest BCUT2D eigenvalue weighted by molar-refractivity contribution is 7.89. The van der Waals surface area contributed by atoms with Crippen LogP contribution < -0.4 is 5.73 Å². The van der Waals surface area contributed by atoms with Crippen LogP contribution in [-0.2, 0) is 16.6 Å². The predicted octanol–water partition coefficient (Wildman–Crippen LogP) is 1.50. The molecule has 21 heavy (non-hydrogen) atoms. The number of aromatic nitrogens is 1. The number of hydrogen-bond donors (Lipinski definition) is 1. The first-order chi connectivity index (χ1) is 9.75. The van der Waals surface area contributed by atoms with Crippen molar-refractivity contribution in [2.24, 2.45) is 11.7 Å². The molecule has 5 nitrogen and oxygen atoms in total. The lowest BCUT2D eigenvalue weighted by atomic mass is 9.99. The van der Waals surface area contributed by atoms with Crippen molar-refractivity contribution in [2.75, 3.05) is 13.1 Å².